The van der Waals surface area contributed by atoms with Gasteiger partial charge in [-0.2, -0.15) is 0 Å². The molecule has 2 heterocycles. The number of carboxylic acids is 1. The van der Waals surface area contributed by atoms with Crippen LogP contribution in [0.2, 0.25) is 0 Å². The Morgan fingerprint density at radius 1 is 1.08 bits per heavy atom. The number of amides is 4. The second kappa shape index (κ2) is 11.0. The molecule has 0 aliphatic carbocycles. The van der Waals surface area contributed by atoms with Crippen LogP contribution in [0.5, 0.6) is 0 Å². The molecule has 2 aromatic carbocycles. The molecule has 0 bridgehead atoms. The van der Waals surface area contributed by atoms with Crippen molar-refractivity contribution in [1.29, 1.82) is 0 Å². The fourth-order valence-corrected chi connectivity index (χ4v) is 10.5. The van der Waals surface area contributed by atoms with Crippen LogP contribution in [-0.4, -0.2) is 69.4 Å². The number of rotatable bonds is 6. The van der Waals surface area contributed by atoms with Crippen molar-refractivity contribution in [3.05, 3.63) is 71.3 Å². The maximum atomic E-state index is 13.5. The number of halogens is 3. The van der Waals surface area contributed by atoms with E-state index in [0.717, 1.165) is 0 Å². The Balaban J connectivity index is 1.64. The van der Waals surface area contributed by atoms with Crippen molar-refractivity contribution in [2.45, 2.75) is 32.0 Å². The fraction of sp³-hybridized carbons (Fsp3) is 0.333. The van der Waals surface area contributed by atoms with E-state index in [-0.39, 0.29) is 17.6 Å². The van der Waals surface area contributed by atoms with Gasteiger partial charge < -0.3 is 0 Å². The number of likely N-dealkylation sites (N-methyl/N-ethyl adjacent to an activating group) is 1. The van der Waals surface area contributed by atoms with Crippen LogP contribution in [0, 0.1) is 11.6 Å². The number of carboxylic acid groups (broad SMARTS) is 1. The summed E-state index contributed by atoms with van der Waals surface area (Å²) < 4.78 is 29.5. The third-order valence-corrected chi connectivity index (χ3v) is 12.1. The van der Waals surface area contributed by atoms with Gasteiger partial charge in [0.25, 0.3) is 0 Å². The van der Waals surface area contributed by atoms with E-state index in [1.807, 2.05) is 0 Å². The minimum atomic E-state index is -3.05. The molecule has 2 fully saturated rings. The van der Waals surface area contributed by atoms with Crippen molar-refractivity contribution < 1.29 is 33.1 Å². The van der Waals surface area contributed by atoms with Crippen molar-refractivity contribution >= 4 is 44.2 Å². The maximum absolute atomic E-state index is 13.5. The Hall–Kier alpha value is -3.33. The molecule has 2 aliphatic heterocycles. The van der Waals surface area contributed by atoms with Gasteiger partial charge in [0, 0.05) is 0 Å². The zero-order chi connectivity index (χ0) is 26.9. The second-order valence-corrected chi connectivity index (χ2v) is 13.1. The van der Waals surface area contributed by atoms with Gasteiger partial charge in [-0.3, -0.25) is 0 Å². The van der Waals surface area contributed by atoms with Crippen LogP contribution in [0.15, 0.2) is 48.5 Å². The summed E-state index contributed by atoms with van der Waals surface area (Å²) in [5.74, 6) is -3.03. The summed E-state index contributed by atoms with van der Waals surface area (Å²) in [4.78, 5) is 53.1. The molecular weight excluding hydrogens is 603 g/mol. The zero-order valence-electron chi connectivity index (χ0n) is 20.1. The molecule has 2 aliphatic rings. The van der Waals surface area contributed by atoms with Crippen LogP contribution in [0.25, 0.3) is 0 Å². The first-order valence-electron chi connectivity index (χ1n) is 11.4. The molecule has 4 rings (SSSR count). The molecule has 2 saturated heterocycles. The number of urea groups is 1. The molecule has 37 heavy (non-hydrogen) atoms. The molecule has 198 valence electrons. The SMILES string of the molecule is CC(c1ccc(F)cc1)N1CI2N(C(=O)CN(C)N2C(=O)NCc2ccc(F)cc2)[C@@H](CC(=O)O)C1=O. The summed E-state index contributed by atoms with van der Waals surface area (Å²) in [5, 5.41) is 13.8. The summed E-state index contributed by atoms with van der Waals surface area (Å²) >= 11 is -3.05. The summed E-state index contributed by atoms with van der Waals surface area (Å²) in [6.07, 6.45) is -0.597. The number of fused-ring (bicyclic) bond motifs is 1. The topological polar surface area (TPSA) is 114 Å². The van der Waals surface area contributed by atoms with Crippen molar-refractivity contribution in [2.24, 2.45) is 0 Å². The van der Waals surface area contributed by atoms with E-state index in [2.05, 4.69) is 5.32 Å². The van der Waals surface area contributed by atoms with Gasteiger partial charge in [-0.05, 0) is 0 Å². The number of nitrogens with one attached hydrogen (secondary N) is 1. The van der Waals surface area contributed by atoms with Crippen LogP contribution >= 0.6 is 20.4 Å². The van der Waals surface area contributed by atoms with Crippen molar-refractivity contribution in [3.63, 3.8) is 0 Å². The van der Waals surface area contributed by atoms with Gasteiger partial charge in [-0.1, -0.05) is 0 Å². The summed E-state index contributed by atoms with van der Waals surface area (Å²) in [6, 6.07) is 8.96. The Morgan fingerprint density at radius 3 is 2.27 bits per heavy atom. The molecule has 4 amide bonds. The normalized spacial score (nSPS) is 20.1. The first kappa shape index (κ1) is 26.7. The van der Waals surface area contributed by atoms with Crippen LogP contribution in [-0.2, 0) is 20.9 Å². The number of hydrogen-bond acceptors (Lipinski definition) is 5. The zero-order valence-corrected chi connectivity index (χ0v) is 22.3. The van der Waals surface area contributed by atoms with E-state index < -0.39 is 74.3 Å². The van der Waals surface area contributed by atoms with Gasteiger partial charge in [0.05, 0.1) is 0 Å². The predicted molar refractivity (Wildman–Crippen MR) is 137 cm³/mol. The Kier molecular flexibility index (Phi) is 7.92. The molecular formula is C24H26F2IN5O5. The monoisotopic (exact) mass is 629 g/mol. The minimum absolute atomic E-state index is 0.0669. The first-order chi connectivity index (χ1) is 17.6. The van der Waals surface area contributed by atoms with Crippen molar-refractivity contribution in [3.8, 4) is 0 Å². The number of benzene rings is 2. The quantitative estimate of drug-likeness (QED) is 0.220. The standard InChI is InChI=1S/C24H26F2IN5O5/c1-15(17-5-9-19(26)10-6-17)30-14-27-31(20(23(30)36)11-22(34)35)21(33)13-29(2)32(27)24(37)28-12-16-3-7-18(25)8-4-16/h3-10,15,20H,11-14H2,1-2H3,(H,28,37)(H,34,35)/t15?,20-/m0/s1. The van der Waals surface area contributed by atoms with Crippen LogP contribution in [0.3, 0.4) is 0 Å². The first-order valence-corrected chi connectivity index (χ1v) is 14.8. The Bertz CT molecular complexity index is 1200. The van der Waals surface area contributed by atoms with Crippen molar-refractivity contribution in [1.82, 2.24) is 21.6 Å². The molecule has 2 N–H and O–H groups in total. The molecule has 1 unspecified atom stereocenters. The van der Waals surface area contributed by atoms with Crippen LogP contribution in [0.4, 0.5) is 13.6 Å². The van der Waals surface area contributed by atoms with Gasteiger partial charge >= 0.3 is 220 Å². The summed E-state index contributed by atoms with van der Waals surface area (Å²) in [5.41, 5.74) is 1.30. The average molecular weight is 629 g/mol. The molecule has 2 atom stereocenters. The van der Waals surface area contributed by atoms with Crippen molar-refractivity contribution in [2.75, 3.05) is 18.1 Å². The van der Waals surface area contributed by atoms with Gasteiger partial charge in [0.1, 0.15) is 0 Å². The number of hydrazine groups is 1. The molecule has 0 spiro atoms. The Morgan fingerprint density at radius 2 is 1.68 bits per heavy atom. The number of carbonyl (C=O) groups is 4. The Labute approximate surface area is 219 Å². The number of alkyl halides is 1. The predicted octanol–water partition coefficient (Wildman–Crippen LogP) is 2.91. The molecule has 0 radical (unpaired) electrons. The number of carbonyl (C=O) groups excluding carboxylic acids is 3. The van der Waals surface area contributed by atoms with E-state index in [1.165, 1.54) is 40.5 Å². The van der Waals surface area contributed by atoms with E-state index >= 15 is 0 Å². The van der Waals surface area contributed by atoms with E-state index in [4.69, 9.17) is 0 Å². The third kappa shape index (κ3) is 5.66. The fourth-order valence-electron chi connectivity index (χ4n) is 4.18. The summed E-state index contributed by atoms with van der Waals surface area (Å²) in [6.45, 7) is 1.65. The second-order valence-electron chi connectivity index (χ2n) is 8.65. The summed E-state index contributed by atoms with van der Waals surface area (Å²) in [7, 11) is 1.58. The number of nitrogens with zero attached hydrogens (tertiary/aromatic N) is 4. The van der Waals surface area contributed by atoms with E-state index in [9.17, 15) is 33.1 Å². The van der Waals surface area contributed by atoms with Gasteiger partial charge in [-0.25, -0.2) is 0 Å². The molecule has 10 nitrogen and oxygen atoms in total. The molecule has 0 aromatic heterocycles. The third-order valence-electron chi connectivity index (χ3n) is 6.09. The molecule has 2 aromatic rings. The number of aliphatic carboxylic acids is 1. The molecule has 0 saturated carbocycles. The average Bonchev–Trinajstić information content (AvgIpc) is 2.84. The van der Waals surface area contributed by atoms with Gasteiger partial charge in [0.15, 0.2) is 0 Å². The van der Waals surface area contributed by atoms with E-state index in [1.54, 1.807) is 38.2 Å². The van der Waals surface area contributed by atoms with Crippen LogP contribution < -0.4 is 5.32 Å². The molecule has 13 heteroatoms. The number of hydrogen-bond donors (Lipinski definition) is 2. The van der Waals surface area contributed by atoms with Crippen LogP contribution in [0.1, 0.15) is 30.5 Å². The van der Waals surface area contributed by atoms with E-state index in [0.29, 0.717) is 11.1 Å². The van der Waals surface area contributed by atoms with Gasteiger partial charge in [0.2, 0.25) is 0 Å². The van der Waals surface area contributed by atoms with Gasteiger partial charge in [-0.15, -0.1) is 0 Å².